The zero-order chi connectivity index (χ0) is 15.1. The van der Waals surface area contributed by atoms with Gasteiger partial charge in [-0.3, -0.25) is 9.59 Å². The second-order valence-corrected chi connectivity index (χ2v) is 7.11. The largest absolute Gasteiger partial charge is 0.326 e. The molecular formula is C18H22N2O2. The highest BCUT2D eigenvalue weighted by Crippen LogP contribution is 2.48. The molecule has 0 aliphatic heterocycles. The summed E-state index contributed by atoms with van der Waals surface area (Å²) in [6, 6.07) is 7.48. The molecule has 3 unspecified atom stereocenters. The lowest BCUT2D eigenvalue weighted by Crippen LogP contribution is -2.27. The molecular weight excluding hydrogens is 276 g/mol. The highest BCUT2D eigenvalue weighted by atomic mass is 16.2. The summed E-state index contributed by atoms with van der Waals surface area (Å²) >= 11 is 0. The molecule has 2 N–H and O–H groups in total. The topological polar surface area (TPSA) is 58.2 Å². The van der Waals surface area contributed by atoms with Crippen molar-refractivity contribution in [2.75, 3.05) is 10.6 Å². The third-order valence-electron chi connectivity index (χ3n) is 5.42. The minimum absolute atomic E-state index is 0.0941. The van der Waals surface area contributed by atoms with E-state index in [0.29, 0.717) is 5.92 Å². The van der Waals surface area contributed by atoms with E-state index in [9.17, 15) is 9.59 Å². The molecule has 2 amide bonds. The maximum absolute atomic E-state index is 12.5. The summed E-state index contributed by atoms with van der Waals surface area (Å²) in [6.45, 7) is 0. The van der Waals surface area contributed by atoms with E-state index in [1.165, 1.54) is 19.3 Å². The van der Waals surface area contributed by atoms with Crippen molar-refractivity contribution in [3.8, 4) is 0 Å². The van der Waals surface area contributed by atoms with Gasteiger partial charge in [-0.15, -0.1) is 0 Å². The second-order valence-electron chi connectivity index (χ2n) is 7.11. The predicted octanol–water partition coefficient (Wildman–Crippen LogP) is 3.41. The van der Waals surface area contributed by atoms with E-state index in [1.54, 1.807) is 0 Å². The lowest BCUT2D eigenvalue weighted by molar-refractivity contribution is -0.121. The molecule has 4 nitrogen and oxygen atoms in total. The van der Waals surface area contributed by atoms with Crippen LogP contribution in [0.2, 0.25) is 0 Å². The van der Waals surface area contributed by atoms with E-state index in [2.05, 4.69) is 10.6 Å². The Morgan fingerprint density at radius 3 is 2.23 bits per heavy atom. The average Bonchev–Trinajstić information content (AvgIpc) is 3.15. The molecule has 3 aliphatic rings. The minimum Gasteiger partial charge on any atom is -0.326 e. The van der Waals surface area contributed by atoms with Crippen LogP contribution in [0.3, 0.4) is 0 Å². The summed E-state index contributed by atoms with van der Waals surface area (Å²) in [5.41, 5.74) is 1.55. The number of hydrogen-bond donors (Lipinski definition) is 2. The molecule has 3 saturated carbocycles. The predicted molar refractivity (Wildman–Crippen MR) is 85.4 cm³/mol. The van der Waals surface area contributed by atoms with E-state index < -0.39 is 0 Å². The van der Waals surface area contributed by atoms with Crippen LogP contribution < -0.4 is 10.6 Å². The molecule has 3 atom stereocenters. The first-order valence-electron chi connectivity index (χ1n) is 8.41. The summed E-state index contributed by atoms with van der Waals surface area (Å²) in [6.07, 6.45) is 6.78. The molecule has 1 aromatic carbocycles. The fraction of sp³-hybridized carbons (Fsp3) is 0.556. The molecule has 116 valence electrons. The zero-order valence-electron chi connectivity index (χ0n) is 12.7. The quantitative estimate of drug-likeness (QED) is 0.895. The van der Waals surface area contributed by atoms with Crippen molar-refractivity contribution in [3.05, 3.63) is 24.3 Å². The molecule has 1 aromatic rings. The van der Waals surface area contributed by atoms with Gasteiger partial charge in [-0.05, 0) is 62.1 Å². The number of anilines is 2. The fourth-order valence-corrected chi connectivity index (χ4v) is 4.07. The number of rotatable bonds is 4. The van der Waals surface area contributed by atoms with Gasteiger partial charge in [0.1, 0.15) is 0 Å². The van der Waals surface area contributed by atoms with Crippen LogP contribution in [0.25, 0.3) is 0 Å². The lowest BCUT2D eigenvalue weighted by Gasteiger charge is -2.21. The maximum atomic E-state index is 12.5. The highest BCUT2D eigenvalue weighted by Gasteiger charge is 2.43. The molecule has 4 heteroatoms. The Balaban J connectivity index is 1.39. The van der Waals surface area contributed by atoms with Crippen LogP contribution in [0.1, 0.15) is 38.5 Å². The Morgan fingerprint density at radius 2 is 1.64 bits per heavy atom. The summed E-state index contributed by atoms with van der Waals surface area (Å²) in [5.74, 6) is 1.97. The number of nitrogens with one attached hydrogen (secondary N) is 2. The number of hydrogen-bond acceptors (Lipinski definition) is 2. The molecule has 0 radical (unpaired) electrons. The SMILES string of the molecule is O=C(Nc1cccc(NC(=O)C2CC3CCC2C3)c1)C1CC1. The maximum Gasteiger partial charge on any atom is 0.227 e. The van der Waals surface area contributed by atoms with Crippen LogP contribution >= 0.6 is 0 Å². The Kier molecular flexibility index (Phi) is 3.40. The lowest BCUT2D eigenvalue weighted by atomic mass is 9.88. The van der Waals surface area contributed by atoms with Crippen molar-refractivity contribution < 1.29 is 9.59 Å². The van der Waals surface area contributed by atoms with Crippen molar-refractivity contribution in [3.63, 3.8) is 0 Å². The van der Waals surface area contributed by atoms with Crippen molar-refractivity contribution in [1.82, 2.24) is 0 Å². The van der Waals surface area contributed by atoms with E-state index in [0.717, 1.165) is 36.6 Å². The number of benzene rings is 1. The van der Waals surface area contributed by atoms with Crippen LogP contribution in [0, 0.1) is 23.7 Å². The first kappa shape index (κ1) is 13.8. The second kappa shape index (κ2) is 5.41. The number of amides is 2. The number of carbonyl (C=O) groups excluding carboxylic acids is 2. The van der Waals surface area contributed by atoms with Gasteiger partial charge in [-0.2, -0.15) is 0 Å². The van der Waals surface area contributed by atoms with E-state index in [1.807, 2.05) is 24.3 Å². The Morgan fingerprint density at radius 1 is 0.909 bits per heavy atom. The van der Waals surface area contributed by atoms with Gasteiger partial charge in [0.25, 0.3) is 0 Å². The molecule has 22 heavy (non-hydrogen) atoms. The van der Waals surface area contributed by atoms with Crippen LogP contribution in [-0.2, 0) is 9.59 Å². The smallest absolute Gasteiger partial charge is 0.227 e. The average molecular weight is 298 g/mol. The third kappa shape index (κ3) is 2.74. The Labute approximate surface area is 130 Å². The molecule has 0 saturated heterocycles. The van der Waals surface area contributed by atoms with Gasteiger partial charge in [0.2, 0.25) is 11.8 Å². The van der Waals surface area contributed by atoms with Crippen molar-refractivity contribution >= 4 is 23.2 Å². The van der Waals surface area contributed by atoms with Gasteiger partial charge < -0.3 is 10.6 Å². The summed E-state index contributed by atoms with van der Waals surface area (Å²) in [5, 5.41) is 5.96. The molecule has 4 rings (SSSR count). The number of carbonyl (C=O) groups is 2. The van der Waals surface area contributed by atoms with Gasteiger partial charge in [0.15, 0.2) is 0 Å². The zero-order valence-corrected chi connectivity index (χ0v) is 12.7. The standard InChI is InChI=1S/C18H22N2O2/c21-17(12-6-7-12)19-14-2-1-3-15(10-14)20-18(22)16-9-11-4-5-13(16)8-11/h1-3,10-13,16H,4-9H2,(H,19,21)(H,20,22). The monoisotopic (exact) mass is 298 g/mol. The van der Waals surface area contributed by atoms with Crippen molar-refractivity contribution in [1.29, 1.82) is 0 Å². The van der Waals surface area contributed by atoms with Crippen molar-refractivity contribution in [2.24, 2.45) is 23.7 Å². The van der Waals surface area contributed by atoms with Gasteiger partial charge in [-0.25, -0.2) is 0 Å². The molecule has 3 fully saturated rings. The molecule has 0 spiro atoms. The molecule has 2 bridgehead atoms. The normalized spacial score (nSPS) is 29.4. The molecule has 0 aromatic heterocycles. The first-order valence-corrected chi connectivity index (χ1v) is 8.41. The Hall–Kier alpha value is -1.84. The summed E-state index contributed by atoms with van der Waals surface area (Å²) < 4.78 is 0. The molecule has 0 heterocycles. The van der Waals surface area contributed by atoms with E-state index in [4.69, 9.17) is 0 Å². The van der Waals surface area contributed by atoms with Gasteiger partial charge in [-0.1, -0.05) is 12.5 Å². The van der Waals surface area contributed by atoms with Gasteiger partial charge in [0, 0.05) is 23.2 Å². The first-order chi connectivity index (χ1) is 10.7. The highest BCUT2D eigenvalue weighted by molar-refractivity contribution is 5.96. The Bertz CT molecular complexity index is 609. The minimum atomic E-state index is 0.0941. The summed E-state index contributed by atoms with van der Waals surface area (Å²) in [4.78, 5) is 24.3. The van der Waals surface area contributed by atoms with Gasteiger partial charge in [0.05, 0.1) is 0 Å². The van der Waals surface area contributed by atoms with Crippen LogP contribution in [-0.4, -0.2) is 11.8 Å². The fourth-order valence-electron chi connectivity index (χ4n) is 4.07. The van der Waals surface area contributed by atoms with E-state index in [-0.39, 0.29) is 23.7 Å². The number of fused-ring (bicyclic) bond motifs is 2. The van der Waals surface area contributed by atoms with Gasteiger partial charge >= 0.3 is 0 Å². The van der Waals surface area contributed by atoms with Crippen LogP contribution in [0.15, 0.2) is 24.3 Å². The van der Waals surface area contributed by atoms with Crippen molar-refractivity contribution in [2.45, 2.75) is 38.5 Å². The third-order valence-corrected chi connectivity index (χ3v) is 5.42. The van der Waals surface area contributed by atoms with E-state index >= 15 is 0 Å². The van der Waals surface area contributed by atoms with Crippen LogP contribution in [0.4, 0.5) is 11.4 Å². The van der Waals surface area contributed by atoms with Crippen LogP contribution in [0.5, 0.6) is 0 Å². The molecule has 3 aliphatic carbocycles. The summed E-state index contributed by atoms with van der Waals surface area (Å²) in [7, 11) is 0.